The van der Waals surface area contributed by atoms with Crippen molar-refractivity contribution in [2.45, 2.75) is 38.7 Å². The first kappa shape index (κ1) is 16.6. The van der Waals surface area contributed by atoms with Crippen LogP contribution in [0.3, 0.4) is 0 Å². The molecule has 134 valence electrons. The van der Waals surface area contributed by atoms with Gasteiger partial charge in [0.25, 0.3) is 0 Å². The van der Waals surface area contributed by atoms with E-state index in [-0.39, 0.29) is 5.91 Å². The van der Waals surface area contributed by atoms with Crippen LogP contribution < -0.4 is 10.1 Å². The predicted molar refractivity (Wildman–Crippen MR) is 101 cm³/mol. The van der Waals surface area contributed by atoms with Gasteiger partial charge in [-0.2, -0.15) is 0 Å². The smallest absolute Gasteiger partial charge is 0.224 e. The highest BCUT2D eigenvalue weighted by molar-refractivity contribution is 5.91. The fraction of sp³-hybridized carbons (Fsp3) is 0.333. The molecule has 0 bridgehead atoms. The Labute approximate surface area is 153 Å². The number of nitrogens with one attached hydrogen (secondary N) is 1. The second-order valence-corrected chi connectivity index (χ2v) is 6.92. The fourth-order valence-electron chi connectivity index (χ4n) is 3.57. The Kier molecular flexibility index (Phi) is 4.86. The van der Waals surface area contributed by atoms with Gasteiger partial charge in [-0.3, -0.25) is 4.79 Å². The Morgan fingerprint density at radius 1 is 1.19 bits per heavy atom. The van der Waals surface area contributed by atoms with E-state index in [1.807, 2.05) is 59.3 Å². The topological polar surface area (TPSA) is 55.6 Å². The van der Waals surface area contributed by atoms with Gasteiger partial charge < -0.3 is 14.5 Å². The highest BCUT2D eigenvalue weighted by Crippen LogP contribution is 2.28. The average Bonchev–Trinajstić information content (AvgIpc) is 3.29. The third kappa shape index (κ3) is 4.04. The molecule has 5 nitrogen and oxygen atoms in total. The first-order valence-electron chi connectivity index (χ1n) is 9.21. The van der Waals surface area contributed by atoms with Crippen LogP contribution in [0.25, 0.3) is 5.65 Å². The van der Waals surface area contributed by atoms with Gasteiger partial charge in [-0.15, -0.1) is 0 Å². The number of hydrogen-bond acceptors (Lipinski definition) is 3. The van der Waals surface area contributed by atoms with Crippen LogP contribution in [0.4, 0.5) is 5.69 Å². The van der Waals surface area contributed by atoms with Crippen LogP contribution >= 0.6 is 0 Å². The average molecular weight is 349 g/mol. The van der Waals surface area contributed by atoms with Crippen LogP contribution in [0, 0.1) is 5.92 Å². The summed E-state index contributed by atoms with van der Waals surface area (Å²) in [5.74, 6) is 1.36. The summed E-state index contributed by atoms with van der Waals surface area (Å²) in [5.41, 5.74) is 2.55. The van der Waals surface area contributed by atoms with Crippen LogP contribution in [0.5, 0.6) is 5.75 Å². The molecule has 3 aromatic rings. The van der Waals surface area contributed by atoms with E-state index < -0.39 is 0 Å². The number of imidazole rings is 1. The maximum atomic E-state index is 12.2. The number of amides is 1. The molecule has 0 saturated heterocycles. The van der Waals surface area contributed by atoms with Crippen molar-refractivity contribution in [2.24, 2.45) is 5.92 Å². The molecular weight excluding hydrogens is 326 g/mol. The molecule has 0 aliphatic heterocycles. The summed E-state index contributed by atoms with van der Waals surface area (Å²) < 4.78 is 7.82. The maximum absolute atomic E-state index is 12.2. The van der Waals surface area contributed by atoms with Gasteiger partial charge >= 0.3 is 0 Å². The molecule has 1 amide bonds. The molecule has 1 N–H and O–H groups in total. The molecular formula is C21H23N3O2. The molecule has 2 aromatic heterocycles. The van der Waals surface area contributed by atoms with E-state index >= 15 is 0 Å². The standard InChI is InChI=1S/C21H23N3O2/c25-21(12-16-6-1-2-7-16)23-17-8-5-9-19(13-17)26-15-18-14-24-11-4-3-10-20(24)22-18/h3-5,8-11,13-14,16H,1-2,6-7,12,15H2,(H,23,25). The number of aromatic nitrogens is 2. The number of carbonyl (C=O) groups is 1. The Balaban J connectivity index is 1.35. The molecule has 0 spiro atoms. The zero-order valence-corrected chi connectivity index (χ0v) is 14.7. The van der Waals surface area contributed by atoms with Gasteiger partial charge in [0.15, 0.2) is 0 Å². The summed E-state index contributed by atoms with van der Waals surface area (Å²) in [4.78, 5) is 16.7. The molecule has 0 atom stereocenters. The van der Waals surface area contributed by atoms with Crippen LogP contribution in [-0.2, 0) is 11.4 Å². The minimum absolute atomic E-state index is 0.0920. The molecule has 1 fully saturated rings. The predicted octanol–water partition coefficient (Wildman–Crippen LogP) is 4.43. The molecule has 1 aliphatic rings. The summed E-state index contributed by atoms with van der Waals surface area (Å²) >= 11 is 0. The number of ether oxygens (including phenoxy) is 1. The van der Waals surface area contributed by atoms with Gasteiger partial charge in [0.2, 0.25) is 5.91 Å². The Hall–Kier alpha value is -2.82. The number of pyridine rings is 1. The second-order valence-electron chi connectivity index (χ2n) is 6.92. The Bertz CT molecular complexity index is 864. The molecule has 1 saturated carbocycles. The molecule has 2 heterocycles. The highest BCUT2D eigenvalue weighted by Gasteiger charge is 2.18. The number of benzene rings is 1. The first-order chi connectivity index (χ1) is 12.8. The minimum atomic E-state index is 0.0920. The van der Waals surface area contributed by atoms with E-state index in [0.29, 0.717) is 18.9 Å². The molecule has 4 rings (SSSR count). The number of fused-ring (bicyclic) bond motifs is 1. The number of anilines is 1. The Morgan fingerprint density at radius 2 is 2.08 bits per heavy atom. The van der Waals surface area contributed by atoms with Crippen molar-refractivity contribution in [3.8, 4) is 5.75 Å². The summed E-state index contributed by atoms with van der Waals surface area (Å²) in [6.45, 7) is 0.390. The fourth-order valence-corrected chi connectivity index (χ4v) is 3.57. The van der Waals surface area contributed by atoms with E-state index in [2.05, 4.69) is 10.3 Å². The van der Waals surface area contributed by atoms with Crippen molar-refractivity contribution in [3.63, 3.8) is 0 Å². The van der Waals surface area contributed by atoms with Crippen LogP contribution in [0.15, 0.2) is 54.9 Å². The number of hydrogen-bond donors (Lipinski definition) is 1. The minimum Gasteiger partial charge on any atom is -0.487 e. The normalized spacial score (nSPS) is 14.6. The molecule has 5 heteroatoms. The largest absolute Gasteiger partial charge is 0.487 e. The molecule has 1 aliphatic carbocycles. The van der Waals surface area contributed by atoms with Gasteiger partial charge in [-0.25, -0.2) is 4.98 Å². The van der Waals surface area contributed by atoms with Crippen molar-refractivity contribution in [1.82, 2.24) is 9.38 Å². The molecule has 26 heavy (non-hydrogen) atoms. The summed E-state index contributed by atoms with van der Waals surface area (Å²) in [5, 5.41) is 2.99. The third-order valence-electron chi connectivity index (χ3n) is 4.87. The summed E-state index contributed by atoms with van der Waals surface area (Å²) in [7, 11) is 0. The lowest BCUT2D eigenvalue weighted by atomic mass is 10.0. The van der Waals surface area contributed by atoms with E-state index in [4.69, 9.17) is 4.74 Å². The lowest BCUT2D eigenvalue weighted by molar-refractivity contribution is -0.117. The Morgan fingerprint density at radius 3 is 2.92 bits per heavy atom. The molecule has 0 unspecified atom stereocenters. The quantitative estimate of drug-likeness (QED) is 0.716. The van der Waals surface area contributed by atoms with Gasteiger partial charge in [0, 0.05) is 30.6 Å². The van der Waals surface area contributed by atoms with E-state index in [1.165, 1.54) is 25.7 Å². The van der Waals surface area contributed by atoms with Gasteiger partial charge in [-0.05, 0) is 43.0 Å². The third-order valence-corrected chi connectivity index (χ3v) is 4.87. The van der Waals surface area contributed by atoms with Gasteiger partial charge in [-0.1, -0.05) is 25.0 Å². The lowest BCUT2D eigenvalue weighted by Gasteiger charge is -2.11. The van der Waals surface area contributed by atoms with Crippen molar-refractivity contribution in [1.29, 1.82) is 0 Å². The summed E-state index contributed by atoms with van der Waals surface area (Å²) in [6.07, 6.45) is 9.40. The van der Waals surface area contributed by atoms with E-state index in [0.717, 1.165) is 22.8 Å². The second kappa shape index (κ2) is 7.60. The number of carbonyl (C=O) groups excluding carboxylic acids is 1. The van der Waals surface area contributed by atoms with Crippen molar-refractivity contribution >= 4 is 17.2 Å². The highest BCUT2D eigenvalue weighted by atomic mass is 16.5. The van der Waals surface area contributed by atoms with Crippen LogP contribution in [0.1, 0.15) is 37.8 Å². The number of nitrogens with zero attached hydrogens (tertiary/aromatic N) is 2. The monoisotopic (exact) mass is 349 g/mol. The zero-order valence-electron chi connectivity index (χ0n) is 14.7. The maximum Gasteiger partial charge on any atom is 0.224 e. The van der Waals surface area contributed by atoms with Crippen LogP contribution in [0.2, 0.25) is 0 Å². The van der Waals surface area contributed by atoms with Crippen molar-refractivity contribution in [3.05, 3.63) is 60.6 Å². The summed E-state index contributed by atoms with van der Waals surface area (Å²) in [6, 6.07) is 13.4. The van der Waals surface area contributed by atoms with Crippen LogP contribution in [-0.4, -0.2) is 15.3 Å². The van der Waals surface area contributed by atoms with Gasteiger partial charge in [0.1, 0.15) is 18.0 Å². The van der Waals surface area contributed by atoms with Gasteiger partial charge in [0.05, 0.1) is 5.69 Å². The van der Waals surface area contributed by atoms with Crippen molar-refractivity contribution in [2.75, 3.05) is 5.32 Å². The first-order valence-corrected chi connectivity index (χ1v) is 9.21. The molecule has 1 aromatic carbocycles. The van der Waals surface area contributed by atoms with Crippen molar-refractivity contribution < 1.29 is 9.53 Å². The number of rotatable bonds is 6. The van der Waals surface area contributed by atoms with E-state index in [1.54, 1.807) is 0 Å². The SMILES string of the molecule is O=C(CC1CCCC1)Nc1cccc(OCc2cn3ccccc3n2)c1. The lowest BCUT2D eigenvalue weighted by Crippen LogP contribution is -2.15. The van der Waals surface area contributed by atoms with E-state index in [9.17, 15) is 4.79 Å². The zero-order chi connectivity index (χ0) is 17.8. The molecule has 0 radical (unpaired) electrons.